The molecule has 1 aromatic rings. The molecule has 0 aliphatic heterocycles. The molecule has 2 atom stereocenters. The predicted molar refractivity (Wildman–Crippen MR) is 77.0 cm³/mol. The van der Waals surface area contributed by atoms with Crippen LogP contribution in [0.15, 0.2) is 18.2 Å². The Morgan fingerprint density at radius 3 is 2.32 bits per heavy atom. The quantitative estimate of drug-likeness (QED) is 0.874. The summed E-state index contributed by atoms with van der Waals surface area (Å²) in [5.74, 6) is 0.563. The molecule has 2 unspecified atom stereocenters. The highest BCUT2D eigenvalue weighted by Crippen LogP contribution is 2.54. The Balaban J connectivity index is 1.80. The zero-order valence-corrected chi connectivity index (χ0v) is 12.3. The zero-order chi connectivity index (χ0) is 13.5. The van der Waals surface area contributed by atoms with E-state index in [2.05, 4.69) is 0 Å². The van der Waals surface area contributed by atoms with Crippen molar-refractivity contribution in [3.8, 4) is 5.75 Å². The van der Waals surface area contributed by atoms with Gasteiger partial charge in [-0.05, 0) is 25.0 Å². The van der Waals surface area contributed by atoms with Crippen LogP contribution in [0.5, 0.6) is 5.75 Å². The molecule has 2 fully saturated rings. The first kappa shape index (κ1) is 13.5. The molecule has 2 saturated carbocycles. The molecular weight excluding hydrogens is 283 g/mol. The van der Waals surface area contributed by atoms with E-state index in [1.807, 2.05) is 6.07 Å². The molecule has 1 aromatic carbocycles. The monoisotopic (exact) mass is 300 g/mol. The lowest BCUT2D eigenvalue weighted by atomic mass is 9.56. The maximum atomic E-state index is 10.2. The molecule has 1 spiro atoms. The third-order valence-electron chi connectivity index (χ3n) is 4.71. The Hall–Kier alpha value is -0.440. The van der Waals surface area contributed by atoms with Crippen LogP contribution >= 0.6 is 23.2 Å². The molecule has 0 amide bonds. The SMILES string of the molecule is OC1CC(Oc2c(Cl)cccc2Cl)C12CCCCC2. The average Bonchev–Trinajstić information content (AvgIpc) is 2.43. The second-order valence-electron chi connectivity index (χ2n) is 5.70. The fourth-order valence-electron chi connectivity index (χ4n) is 3.49. The van der Waals surface area contributed by atoms with Gasteiger partial charge in [-0.2, -0.15) is 0 Å². The van der Waals surface area contributed by atoms with Gasteiger partial charge in [0.25, 0.3) is 0 Å². The second kappa shape index (κ2) is 5.16. The molecule has 2 aliphatic carbocycles. The van der Waals surface area contributed by atoms with Gasteiger partial charge in [0.05, 0.1) is 16.1 Å². The van der Waals surface area contributed by atoms with Gasteiger partial charge in [0.15, 0.2) is 5.75 Å². The first-order valence-electron chi connectivity index (χ1n) is 6.92. The number of para-hydroxylation sites is 1. The van der Waals surface area contributed by atoms with Crippen LogP contribution in [-0.4, -0.2) is 17.3 Å². The summed E-state index contributed by atoms with van der Waals surface area (Å²) in [5, 5.41) is 11.2. The van der Waals surface area contributed by atoms with E-state index in [1.165, 1.54) is 19.3 Å². The summed E-state index contributed by atoms with van der Waals surface area (Å²) in [4.78, 5) is 0. The van der Waals surface area contributed by atoms with E-state index in [9.17, 15) is 5.11 Å². The minimum atomic E-state index is -0.237. The third kappa shape index (κ3) is 2.24. The summed E-state index contributed by atoms with van der Waals surface area (Å²) in [5.41, 5.74) is -0.0687. The minimum absolute atomic E-state index is 0.0419. The van der Waals surface area contributed by atoms with E-state index in [1.54, 1.807) is 12.1 Å². The van der Waals surface area contributed by atoms with Crippen LogP contribution in [0.3, 0.4) is 0 Å². The maximum absolute atomic E-state index is 10.2. The zero-order valence-electron chi connectivity index (χ0n) is 10.7. The lowest BCUT2D eigenvalue weighted by Gasteiger charge is -2.55. The number of ether oxygens (including phenoxy) is 1. The molecule has 0 radical (unpaired) electrons. The standard InChI is InChI=1S/C15H18Cl2O2/c16-10-5-4-6-11(17)14(10)19-13-9-12(18)15(13)7-2-1-3-8-15/h4-6,12-13,18H,1-3,7-9H2. The molecule has 2 nitrogen and oxygen atoms in total. The van der Waals surface area contributed by atoms with E-state index in [0.29, 0.717) is 22.2 Å². The summed E-state index contributed by atoms with van der Waals surface area (Å²) in [6, 6.07) is 5.38. The topological polar surface area (TPSA) is 29.5 Å². The Morgan fingerprint density at radius 1 is 1.11 bits per heavy atom. The number of aliphatic hydroxyl groups excluding tert-OH is 1. The highest BCUT2D eigenvalue weighted by atomic mass is 35.5. The molecule has 104 valence electrons. The van der Waals surface area contributed by atoms with Gasteiger partial charge in [-0.3, -0.25) is 0 Å². The van der Waals surface area contributed by atoms with Gasteiger partial charge < -0.3 is 9.84 Å². The number of hydrogen-bond donors (Lipinski definition) is 1. The molecule has 0 bridgehead atoms. The van der Waals surface area contributed by atoms with Crippen LogP contribution in [0.1, 0.15) is 38.5 Å². The molecule has 2 aliphatic rings. The van der Waals surface area contributed by atoms with Crippen molar-refractivity contribution in [1.82, 2.24) is 0 Å². The van der Waals surface area contributed by atoms with Crippen molar-refractivity contribution in [3.63, 3.8) is 0 Å². The Bertz CT molecular complexity index is 449. The van der Waals surface area contributed by atoms with Crippen LogP contribution in [0, 0.1) is 5.41 Å². The van der Waals surface area contributed by atoms with E-state index in [4.69, 9.17) is 27.9 Å². The van der Waals surface area contributed by atoms with Crippen molar-refractivity contribution in [3.05, 3.63) is 28.2 Å². The van der Waals surface area contributed by atoms with E-state index in [0.717, 1.165) is 12.8 Å². The third-order valence-corrected chi connectivity index (χ3v) is 5.30. The maximum Gasteiger partial charge on any atom is 0.156 e. The van der Waals surface area contributed by atoms with Crippen LogP contribution < -0.4 is 4.74 Å². The smallest absolute Gasteiger partial charge is 0.156 e. The first-order valence-corrected chi connectivity index (χ1v) is 7.68. The Kier molecular flexibility index (Phi) is 3.67. The molecule has 0 aromatic heterocycles. The van der Waals surface area contributed by atoms with Crippen LogP contribution in [0.4, 0.5) is 0 Å². The van der Waals surface area contributed by atoms with E-state index >= 15 is 0 Å². The van der Waals surface area contributed by atoms with E-state index in [-0.39, 0.29) is 17.6 Å². The lowest BCUT2D eigenvalue weighted by Crippen LogP contribution is -2.60. The molecular formula is C15H18Cl2O2. The predicted octanol–water partition coefficient (Wildman–Crippen LogP) is 4.46. The van der Waals surface area contributed by atoms with Gasteiger partial charge in [-0.15, -0.1) is 0 Å². The van der Waals surface area contributed by atoms with Crippen molar-refractivity contribution in [2.24, 2.45) is 5.41 Å². The summed E-state index contributed by atoms with van der Waals surface area (Å²) in [6.07, 6.45) is 6.18. The van der Waals surface area contributed by atoms with Crippen molar-refractivity contribution in [2.45, 2.75) is 50.7 Å². The highest BCUT2D eigenvalue weighted by molar-refractivity contribution is 6.37. The summed E-state index contributed by atoms with van der Waals surface area (Å²) in [6.45, 7) is 0. The summed E-state index contributed by atoms with van der Waals surface area (Å²) in [7, 11) is 0. The fourth-order valence-corrected chi connectivity index (χ4v) is 3.98. The number of halogens is 2. The van der Waals surface area contributed by atoms with Crippen molar-refractivity contribution in [2.75, 3.05) is 0 Å². The van der Waals surface area contributed by atoms with Crippen molar-refractivity contribution < 1.29 is 9.84 Å². The highest BCUT2D eigenvalue weighted by Gasteiger charge is 2.56. The molecule has 0 heterocycles. The molecule has 4 heteroatoms. The second-order valence-corrected chi connectivity index (χ2v) is 6.52. The van der Waals surface area contributed by atoms with Crippen molar-refractivity contribution >= 4 is 23.2 Å². The number of aliphatic hydroxyl groups is 1. The molecule has 19 heavy (non-hydrogen) atoms. The first-order chi connectivity index (χ1) is 9.13. The number of hydrogen-bond acceptors (Lipinski definition) is 2. The molecule has 1 N–H and O–H groups in total. The molecule has 3 rings (SSSR count). The summed E-state index contributed by atoms with van der Waals surface area (Å²) >= 11 is 12.3. The van der Waals surface area contributed by atoms with Gasteiger partial charge in [-0.1, -0.05) is 48.5 Å². The van der Waals surface area contributed by atoms with Gasteiger partial charge in [0, 0.05) is 11.8 Å². The van der Waals surface area contributed by atoms with Crippen molar-refractivity contribution in [1.29, 1.82) is 0 Å². The number of rotatable bonds is 2. The van der Waals surface area contributed by atoms with Gasteiger partial charge in [0.2, 0.25) is 0 Å². The summed E-state index contributed by atoms with van der Waals surface area (Å²) < 4.78 is 6.05. The minimum Gasteiger partial charge on any atom is -0.487 e. The normalized spacial score (nSPS) is 29.0. The van der Waals surface area contributed by atoms with Gasteiger partial charge in [0.1, 0.15) is 6.10 Å². The van der Waals surface area contributed by atoms with Gasteiger partial charge in [-0.25, -0.2) is 0 Å². The van der Waals surface area contributed by atoms with Crippen LogP contribution in [0.25, 0.3) is 0 Å². The molecule has 0 saturated heterocycles. The Morgan fingerprint density at radius 2 is 1.74 bits per heavy atom. The van der Waals surface area contributed by atoms with Gasteiger partial charge >= 0.3 is 0 Å². The Labute approximate surface area is 123 Å². The number of benzene rings is 1. The van der Waals surface area contributed by atoms with E-state index < -0.39 is 0 Å². The van der Waals surface area contributed by atoms with Crippen LogP contribution in [-0.2, 0) is 0 Å². The fraction of sp³-hybridized carbons (Fsp3) is 0.600. The largest absolute Gasteiger partial charge is 0.487 e. The lowest BCUT2D eigenvalue weighted by molar-refractivity contribution is -0.172. The average molecular weight is 301 g/mol. The van der Waals surface area contributed by atoms with Crippen LogP contribution in [0.2, 0.25) is 10.0 Å².